The largest absolute Gasteiger partial charge is 0.481 e. The Balaban J connectivity index is 1.39. The van der Waals surface area contributed by atoms with Crippen molar-refractivity contribution in [2.45, 2.75) is 81.8 Å². The second-order valence-corrected chi connectivity index (χ2v) is 15.3. The number of carbonyl (C=O) groups is 10. The molecule has 5 atom stereocenters. The lowest BCUT2D eigenvalue weighted by Gasteiger charge is -2.21. The molecular weight excluding hydrogens is 907 g/mol. The molecule has 0 radical (unpaired) electrons. The number of nitrogens with two attached hydrogens (primary N) is 1. The van der Waals surface area contributed by atoms with Gasteiger partial charge in [0.2, 0.25) is 17.9 Å². The Kier molecular flexibility index (Phi) is 20.3. The third-order valence-electron chi connectivity index (χ3n) is 10.4. The lowest BCUT2D eigenvalue weighted by atomic mass is 10.0. The molecule has 0 saturated carbocycles. The van der Waals surface area contributed by atoms with Gasteiger partial charge in [0.25, 0.3) is 18.3 Å². The molecule has 6 amide bonds. The highest BCUT2D eigenvalue weighted by molar-refractivity contribution is 5.99. The van der Waals surface area contributed by atoms with Gasteiger partial charge in [-0.15, -0.1) is 0 Å². The van der Waals surface area contributed by atoms with Crippen LogP contribution in [0.2, 0.25) is 0 Å². The number of carboxylic acids is 4. The summed E-state index contributed by atoms with van der Waals surface area (Å²) in [7, 11) is 0. The molecule has 24 nitrogen and oxygen atoms in total. The van der Waals surface area contributed by atoms with Crippen molar-refractivity contribution in [2.24, 2.45) is 5.84 Å². The highest BCUT2D eigenvalue weighted by Gasteiger charge is 2.31. The summed E-state index contributed by atoms with van der Waals surface area (Å²) in [6, 6.07) is 15.1. The van der Waals surface area contributed by atoms with E-state index < -0.39 is 103 Å². The summed E-state index contributed by atoms with van der Waals surface area (Å²) in [5.74, 6) is -3.01. The number of amides is 6. The molecule has 5 unspecified atom stereocenters. The minimum Gasteiger partial charge on any atom is -0.481 e. The van der Waals surface area contributed by atoms with E-state index in [2.05, 4.69) is 47.0 Å². The fraction of sp³-hybridized carbons (Fsp3) is 0.311. The smallest absolute Gasteiger partial charge is 0.345 e. The Morgan fingerprint density at radius 3 is 1.86 bits per heavy atom. The van der Waals surface area contributed by atoms with Gasteiger partial charge in [0, 0.05) is 44.1 Å². The Morgan fingerprint density at radius 1 is 0.638 bits per heavy atom. The van der Waals surface area contributed by atoms with Gasteiger partial charge < -0.3 is 62.5 Å². The molecule has 0 saturated heterocycles. The molecule has 0 aliphatic heterocycles. The molecule has 0 spiro atoms. The maximum absolute atomic E-state index is 13.6. The Labute approximate surface area is 392 Å². The maximum Gasteiger partial charge on any atom is 0.345 e. The number of hydrogen-bond donors (Lipinski definition) is 12. The summed E-state index contributed by atoms with van der Waals surface area (Å²) in [4.78, 5) is 127. The average molecular weight is 958 g/mol. The molecule has 3 aromatic carbocycles. The first-order chi connectivity index (χ1) is 33.0. The molecule has 0 aliphatic rings. The van der Waals surface area contributed by atoms with Crippen LogP contribution in [-0.4, -0.2) is 122 Å². The molecule has 1 heterocycles. The minimum atomic E-state index is -1.78. The number of carbonyl (C=O) groups excluding carboxylic acids is 6. The number of nitrogen functional groups attached to an aromatic ring is 1. The van der Waals surface area contributed by atoms with E-state index in [1.165, 1.54) is 42.6 Å². The van der Waals surface area contributed by atoms with Crippen molar-refractivity contribution >= 4 is 76.6 Å². The zero-order valence-corrected chi connectivity index (χ0v) is 36.7. The Bertz CT molecular complexity index is 2490. The summed E-state index contributed by atoms with van der Waals surface area (Å²) in [5.41, 5.74) is 3.65. The van der Waals surface area contributed by atoms with Crippen LogP contribution in [0.5, 0.6) is 0 Å². The number of pyridine rings is 1. The van der Waals surface area contributed by atoms with E-state index in [0.29, 0.717) is 5.56 Å². The first-order valence-electron chi connectivity index (χ1n) is 21.2. The van der Waals surface area contributed by atoms with Gasteiger partial charge in [-0.2, -0.15) is 0 Å². The van der Waals surface area contributed by atoms with Crippen LogP contribution >= 0.6 is 0 Å². The van der Waals surface area contributed by atoms with Crippen LogP contribution in [0.15, 0.2) is 85.1 Å². The molecule has 1 aromatic heterocycles. The van der Waals surface area contributed by atoms with Gasteiger partial charge in [0.1, 0.15) is 30.0 Å². The van der Waals surface area contributed by atoms with Crippen molar-refractivity contribution in [3.63, 3.8) is 0 Å². The summed E-state index contributed by atoms with van der Waals surface area (Å²) in [6.07, 6.45) is -1.84. The summed E-state index contributed by atoms with van der Waals surface area (Å²) < 4.78 is 4.61. The quantitative estimate of drug-likeness (QED) is 0.0161. The standard InChI is InChI=1S/C45H51N9O15/c46-54-36-16-14-30(23-48-36)39(59)51-34(21-35(44(66)67)69-24-55)41(61)49-22-25-8-12-28(13-9-25)38(58)50-33(20-26-10-11-27-5-1-2-6-29(27)19-26)40(60)47-18-4-3-7-31(42(62)63)52-45(68)53-32(43(64)65)15-17-37(56)57/h1-2,5-6,8-14,16,19,23-24,31-35H,3-4,7,15,17-18,20-22,46H2,(H,47,60)(H,48,54)(H,49,61)(H,50,58)(H,51,59)(H,56,57)(H,62,63)(H,64,65)(H,66,67)(H2,52,53,68). The number of rotatable bonds is 28. The van der Waals surface area contributed by atoms with Gasteiger partial charge in [-0.25, -0.2) is 30.0 Å². The first kappa shape index (κ1) is 52.9. The fourth-order valence-corrected chi connectivity index (χ4v) is 6.67. The van der Waals surface area contributed by atoms with Crippen molar-refractivity contribution < 1.29 is 73.1 Å². The highest BCUT2D eigenvalue weighted by atomic mass is 16.5. The van der Waals surface area contributed by atoms with Gasteiger partial charge in [0.05, 0.1) is 5.56 Å². The van der Waals surface area contributed by atoms with Crippen molar-refractivity contribution in [2.75, 3.05) is 12.0 Å². The first-order valence-corrected chi connectivity index (χ1v) is 21.2. The van der Waals surface area contributed by atoms with Crippen LogP contribution in [0, 0.1) is 0 Å². The molecule has 4 rings (SSSR count). The van der Waals surface area contributed by atoms with Crippen molar-refractivity contribution in [1.29, 1.82) is 0 Å². The lowest BCUT2D eigenvalue weighted by molar-refractivity contribution is -0.157. The van der Waals surface area contributed by atoms with Crippen molar-refractivity contribution in [1.82, 2.24) is 36.9 Å². The van der Waals surface area contributed by atoms with E-state index in [9.17, 15) is 63.3 Å². The lowest BCUT2D eigenvalue weighted by Crippen LogP contribution is -2.51. The number of anilines is 1. The van der Waals surface area contributed by atoms with Crippen molar-refractivity contribution in [3.05, 3.63) is 107 Å². The maximum atomic E-state index is 13.6. The van der Waals surface area contributed by atoms with Crippen LogP contribution in [0.3, 0.4) is 0 Å². The highest BCUT2D eigenvalue weighted by Crippen LogP contribution is 2.18. The molecule has 0 bridgehead atoms. The zero-order chi connectivity index (χ0) is 50.5. The van der Waals surface area contributed by atoms with E-state index in [0.717, 1.165) is 16.3 Å². The number of hydrazine groups is 1. The third-order valence-corrected chi connectivity index (χ3v) is 10.4. The normalized spacial score (nSPS) is 12.9. The third kappa shape index (κ3) is 17.2. The van der Waals surface area contributed by atoms with Crippen LogP contribution in [0.4, 0.5) is 10.6 Å². The Hall–Kier alpha value is -8.67. The summed E-state index contributed by atoms with van der Waals surface area (Å²) in [5, 5.41) is 53.9. The van der Waals surface area contributed by atoms with Crippen LogP contribution in [0.25, 0.3) is 10.8 Å². The molecule has 4 aromatic rings. The summed E-state index contributed by atoms with van der Waals surface area (Å²) in [6.45, 7) is -0.205. The number of hydrogen-bond acceptors (Lipinski definition) is 14. The van der Waals surface area contributed by atoms with E-state index in [4.69, 9.17) is 10.9 Å². The van der Waals surface area contributed by atoms with Crippen LogP contribution < -0.4 is 43.2 Å². The fourth-order valence-electron chi connectivity index (χ4n) is 6.67. The van der Waals surface area contributed by atoms with Crippen LogP contribution in [-0.2, 0) is 51.3 Å². The van der Waals surface area contributed by atoms with Gasteiger partial charge in [0.15, 0.2) is 0 Å². The molecule has 24 heteroatoms. The van der Waals surface area contributed by atoms with E-state index in [1.807, 2.05) is 42.5 Å². The molecule has 69 heavy (non-hydrogen) atoms. The predicted molar refractivity (Wildman–Crippen MR) is 242 cm³/mol. The number of urea groups is 1. The van der Waals surface area contributed by atoms with Gasteiger partial charge in [-0.05, 0) is 71.8 Å². The average Bonchev–Trinajstić information content (AvgIpc) is 3.33. The SMILES string of the molecule is NNc1ccc(C(=O)NC(CC(OC=O)C(=O)O)C(=O)NCc2ccc(C(=O)NC(Cc3ccc4ccccc4c3)C(=O)NCCCCC(NC(=O)NC(CCC(=O)O)C(=O)O)C(=O)O)cc2)cn1. The van der Waals surface area contributed by atoms with Crippen LogP contribution in [0.1, 0.15) is 70.4 Å². The number of nitrogens with one attached hydrogen (secondary N) is 7. The van der Waals surface area contributed by atoms with E-state index in [1.54, 1.807) is 0 Å². The minimum absolute atomic E-state index is 0.00940. The molecular formula is C45H51N9O15. The number of benzene rings is 3. The number of nitrogens with zero attached hydrogens (tertiary/aromatic N) is 1. The molecule has 0 fully saturated rings. The number of carboxylic acid groups (broad SMARTS) is 4. The predicted octanol–water partition coefficient (Wildman–Crippen LogP) is 0.650. The molecule has 13 N–H and O–H groups in total. The number of aliphatic carboxylic acids is 4. The number of ether oxygens (including phenoxy) is 1. The van der Waals surface area contributed by atoms with Gasteiger partial charge >= 0.3 is 29.9 Å². The van der Waals surface area contributed by atoms with Gasteiger partial charge in [-0.1, -0.05) is 54.6 Å². The Morgan fingerprint density at radius 2 is 1.25 bits per heavy atom. The monoisotopic (exact) mass is 957 g/mol. The zero-order valence-electron chi connectivity index (χ0n) is 36.7. The topological polar surface area (TPSA) is 384 Å². The molecule has 366 valence electrons. The summed E-state index contributed by atoms with van der Waals surface area (Å²) >= 11 is 0. The van der Waals surface area contributed by atoms with Gasteiger partial charge in [-0.3, -0.25) is 28.8 Å². The molecule has 0 aliphatic carbocycles. The number of aromatic nitrogens is 1. The second-order valence-electron chi connectivity index (χ2n) is 15.3. The van der Waals surface area contributed by atoms with E-state index in [-0.39, 0.29) is 62.2 Å². The number of unbranched alkanes of at least 4 members (excludes halogenated alkanes) is 1. The van der Waals surface area contributed by atoms with Crippen molar-refractivity contribution in [3.8, 4) is 0 Å². The number of fused-ring (bicyclic) bond motifs is 1. The second kappa shape index (κ2) is 26.5. The van der Waals surface area contributed by atoms with E-state index >= 15 is 0 Å².